The van der Waals surface area contributed by atoms with E-state index < -0.39 is 4.75 Å². The summed E-state index contributed by atoms with van der Waals surface area (Å²) >= 11 is 1.54. The highest BCUT2D eigenvalue weighted by molar-refractivity contribution is 8.01. The number of carbonyl (C=O) groups is 2. The van der Waals surface area contributed by atoms with E-state index in [1.807, 2.05) is 84.9 Å². The first-order valence-corrected chi connectivity index (χ1v) is 14.4. The van der Waals surface area contributed by atoms with Crippen LogP contribution in [0.25, 0.3) is 0 Å². The molecular weight excluding hydrogens is 530 g/mol. The van der Waals surface area contributed by atoms with Gasteiger partial charge in [0.25, 0.3) is 0 Å². The molecule has 7 nitrogen and oxygen atoms in total. The van der Waals surface area contributed by atoms with Gasteiger partial charge in [0.2, 0.25) is 11.8 Å². The Kier molecular flexibility index (Phi) is 9.23. The van der Waals surface area contributed by atoms with Crippen molar-refractivity contribution in [2.45, 2.75) is 17.8 Å². The number of carbonyl (C=O) groups excluding carboxylic acids is 2. The first kappa shape index (κ1) is 27.9. The molecule has 206 valence electrons. The molecule has 0 aliphatic heterocycles. The fourth-order valence-corrected chi connectivity index (χ4v) is 6.05. The molecular formula is C33H31N5O2S. The van der Waals surface area contributed by atoms with Gasteiger partial charge in [-0.1, -0.05) is 127 Å². The number of thioether (sulfide) groups is 1. The zero-order valence-corrected chi connectivity index (χ0v) is 23.3. The van der Waals surface area contributed by atoms with E-state index in [2.05, 4.69) is 57.3 Å². The number of aromatic nitrogens is 3. The molecule has 41 heavy (non-hydrogen) atoms. The van der Waals surface area contributed by atoms with Crippen LogP contribution in [-0.2, 0) is 27.4 Å². The number of nitrogens with zero attached hydrogens (tertiary/aromatic N) is 3. The Labute approximate surface area is 244 Å². The molecule has 1 aromatic heterocycles. The Morgan fingerprint density at radius 1 is 0.683 bits per heavy atom. The topological polar surface area (TPSA) is 88.9 Å². The third kappa shape index (κ3) is 7.10. The van der Waals surface area contributed by atoms with Crippen LogP contribution in [0, 0.1) is 0 Å². The molecule has 0 radical (unpaired) electrons. The summed E-state index contributed by atoms with van der Waals surface area (Å²) in [6, 6.07) is 40.6. The minimum Gasteiger partial charge on any atom is -0.349 e. The summed E-state index contributed by atoms with van der Waals surface area (Å²) in [6.45, 7) is 0.718. The maximum absolute atomic E-state index is 13.0. The van der Waals surface area contributed by atoms with Crippen molar-refractivity contribution < 1.29 is 9.59 Å². The number of benzene rings is 4. The van der Waals surface area contributed by atoms with Gasteiger partial charge in [-0.3, -0.25) is 9.59 Å². The molecule has 0 unspecified atom stereocenters. The SMILES string of the molecule is O=C(CNC(=O)CSC(c1ccccc1)(c1ccccc1)c1ccccc1)NCc1cn(Cc2ccccc2)nn1. The van der Waals surface area contributed by atoms with Gasteiger partial charge in [-0.05, 0) is 22.3 Å². The van der Waals surface area contributed by atoms with Gasteiger partial charge in [0.05, 0.1) is 36.3 Å². The van der Waals surface area contributed by atoms with Crippen molar-refractivity contribution in [2.24, 2.45) is 0 Å². The van der Waals surface area contributed by atoms with Crippen molar-refractivity contribution in [3.63, 3.8) is 0 Å². The lowest BCUT2D eigenvalue weighted by molar-refractivity contribution is -0.124. The fraction of sp³-hybridized carbons (Fsp3) is 0.152. The molecule has 4 aromatic carbocycles. The molecule has 8 heteroatoms. The van der Waals surface area contributed by atoms with Crippen LogP contribution in [0.2, 0.25) is 0 Å². The summed E-state index contributed by atoms with van der Waals surface area (Å²) in [5, 5.41) is 13.8. The summed E-state index contributed by atoms with van der Waals surface area (Å²) in [4.78, 5) is 25.5. The highest BCUT2D eigenvalue weighted by Crippen LogP contribution is 2.48. The summed E-state index contributed by atoms with van der Waals surface area (Å²) in [7, 11) is 0. The Morgan fingerprint density at radius 2 is 1.20 bits per heavy atom. The Balaban J connectivity index is 1.20. The lowest BCUT2D eigenvalue weighted by atomic mass is 9.84. The van der Waals surface area contributed by atoms with Gasteiger partial charge in [0.1, 0.15) is 5.69 Å². The zero-order chi connectivity index (χ0) is 28.3. The Hall–Kier alpha value is -4.69. The molecule has 0 spiro atoms. The maximum atomic E-state index is 13.0. The Morgan fingerprint density at radius 3 is 1.73 bits per heavy atom. The van der Waals surface area contributed by atoms with Crippen molar-refractivity contribution in [1.82, 2.24) is 25.6 Å². The second kappa shape index (κ2) is 13.6. The first-order chi connectivity index (χ1) is 20.1. The normalized spacial score (nSPS) is 11.1. The number of rotatable bonds is 12. The molecule has 0 bridgehead atoms. The smallest absolute Gasteiger partial charge is 0.239 e. The summed E-state index contributed by atoms with van der Waals surface area (Å²) < 4.78 is 1.13. The van der Waals surface area contributed by atoms with Gasteiger partial charge in [-0.15, -0.1) is 16.9 Å². The molecule has 2 amide bonds. The largest absolute Gasteiger partial charge is 0.349 e. The van der Waals surface area contributed by atoms with Crippen LogP contribution in [0.1, 0.15) is 27.9 Å². The Bertz CT molecular complexity index is 1450. The van der Waals surface area contributed by atoms with Crippen molar-refractivity contribution >= 4 is 23.6 Å². The average molecular weight is 562 g/mol. The van der Waals surface area contributed by atoms with E-state index in [1.54, 1.807) is 10.9 Å². The van der Waals surface area contributed by atoms with Gasteiger partial charge in [-0.25, -0.2) is 4.68 Å². The van der Waals surface area contributed by atoms with Crippen LogP contribution < -0.4 is 10.6 Å². The predicted octanol–water partition coefficient (Wildman–Crippen LogP) is 4.78. The zero-order valence-electron chi connectivity index (χ0n) is 22.5. The van der Waals surface area contributed by atoms with Crippen molar-refractivity contribution in [3.05, 3.63) is 155 Å². The number of amides is 2. The molecule has 5 aromatic rings. The number of hydrogen-bond acceptors (Lipinski definition) is 5. The summed E-state index contributed by atoms with van der Waals surface area (Å²) in [5.74, 6) is -0.340. The van der Waals surface area contributed by atoms with Gasteiger partial charge in [0, 0.05) is 0 Å². The molecule has 2 N–H and O–H groups in total. The van der Waals surface area contributed by atoms with Crippen LogP contribution in [0.5, 0.6) is 0 Å². The van der Waals surface area contributed by atoms with Gasteiger partial charge < -0.3 is 10.6 Å². The predicted molar refractivity (Wildman–Crippen MR) is 162 cm³/mol. The van der Waals surface area contributed by atoms with E-state index in [1.165, 1.54) is 11.8 Å². The summed E-state index contributed by atoms with van der Waals surface area (Å²) in [5.41, 5.74) is 4.99. The van der Waals surface area contributed by atoms with Crippen LogP contribution >= 0.6 is 11.8 Å². The monoisotopic (exact) mass is 561 g/mol. The molecule has 0 atom stereocenters. The van der Waals surface area contributed by atoms with Crippen LogP contribution in [-0.4, -0.2) is 39.1 Å². The quantitative estimate of drug-likeness (QED) is 0.214. The van der Waals surface area contributed by atoms with E-state index in [-0.39, 0.29) is 30.7 Å². The van der Waals surface area contributed by atoms with Crippen LogP contribution in [0.4, 0.5) is 0 Å². The second-order valence-electron chi connectivity index (χ2n) is 9.51. The highest BCUT2D eigenvalue weighted by Gasteiger charge is 2.37. The molecule has 5 rings (SSSR count). The van der Waals surface area contributed by atoms with E-state index in [4.69, 9.17) is 0 Å². The average Bonchev–Trinajstić information content (AvgIpc) is 3.48. The van der Waals surface area contributed by atoms with Crippen molar-refractivity contribution in [3.8, 4) is 0 Å². The lowest BCUT2D eigenvalue weighted by Gasteiger charge is -2.35. The standard InChI is InChI=1S/C33H31N5O2S/c39-31(34-21-30-24-38(37-36-30)23-26-13-5-1-6-14-26)22-35-32(40)25-41-33(27-15-7-2-8-16-27,28-17-9-3-10-18-28)29-19-11-4-12-20-29/h1-20,24H,21-23,25H2,(H,34,39)(H,35,40). The third-order valence-corrected chi connectivity index (χ3v) is 8.19. The third-order valence-electron chi connectivity index (χ3n) is 6.65. The van der Waals surface area contributed by atoms with Gasteiger partial charge in [-0.2, -0.15) is 0 Å². The molecule has 0 saturated heterocycles. The minimum absolute atomic E-state index is 0.118. The summed E-state index contributed by atoms with van der Waals surface area (Å²) in [6.07, 6.45) is 1.80. The minimum atomic E-state index is -0.602. The van der Waals surface area contributed by atoms with Gasteiger partial charge >= 0.3 is 0 Å². The van der Waals surface area contributed by atoms with E-state index in [0.29, 0.717) is 12.2 Å². The highest BCUT2D eigenvalue weighted by atomic mass is 32.2. The number of nitrogens with one attached hydrogen (secondary N) is 2. The van der Waals surface area contributed by atoms with E-state index in [9.17, 15) is 9.59 Å². The fourth-order valence-electron chi connectivity index (χ4n) is 4.69. The van der Waals surface area contributed by atoms with Crippen molar-refractivity contribution in [1.29, 1.82) is 0 Å². The lowest BCUT2D eigenvalue weighted by Crippen LogP contribution is -2.38. The van der Waals surface area contributed by atoms with E-state index >= 15 is 0 Å². The molecule has 0 fully saturated rings. The van der Waals surface area contributed by atoms with Crippen LogP contribution in [0.15, 0.2) is 128 Å². The molecule has 0 aliphatic carbocycles. The van der Waals surface area contributed by atoms with Gasteiger partial charge in [0.15, 0.2) is 0 Å². The van der Waals surface area contributed by atoms with Crippen LogP contribution in [0.3, 0.4) is 0 Å². The molecule has 0 saturated carbocycles. The molecule has 1 heterocycles. The molecule has 0 aliphatic rings. The van der Waals surface area contributed by atoms with E-state index in [0.717, 1.165) is 22.3 Å². The second-order valence-corrected chi connectivity index (χ2v) is 10.7. The first-order valence-electron chi connectivity index (χ1n) is 13.4. The maximum Gasteiger partial charge on any atom is 0.239 e. The number of hydrogen-bond donors (Lipinski definition) is 2. The van der Waals surface area contributed by atoms with Crippen molar-refractivity contribution in [2.75, 3.05) is 12.3 Å².